The number of guanidine groups is 1. The summed E-state index contributed by atoms with van der Waals surface area (Å²) in [7, 11) is 6.87. The van der Waals surface area contributed by atoms with Crippen LogP contribution in [0.4, 0.5) is 0 Å². The fourth-order valence-corrected chi connectivity index (χ4v) is 3.90. The molecule has 1 N–H and O–H groups in total. The summed E-state index contributed by atoms with van der Waals surface area (Å²) in [5.41, 5.74) is 4.34. The molecule has 1 aliphatic heterocycles. The van der Waals surface area contributed by atoms with Gasteiger partial charge in [-0.15, -0.1) is 0 Å². The predicted octanol–water partition coefficient (Wildman–Crippen LogP) is 2.97. The number of hydrogen-bond acceptors (Lipinski definition) is 4. The second-order valence-corrected chi connectivity index (χ2v) is 8.03. The summed E-state index contributed by atoms with van der Waals surface area (Å²) in [5, 5.41) is 3.42. The molecule has 0 saturated heterocycles. The van der Waals surface area contributed by atoms with Crippen LogP contribution in [0.15, 0.2) is 41.4 Å². The summed E-state index contributed by atoms with van der Waals surface area (Å²) in [6, 6.07) is 11.9. The van der Waals surface area contributed by atoms with E-state index >= 15 is 0 Å². The topological polar surface area (TPSA) is 66.4 Å². The van der Waals surface area contributed by atoms with Crippen molar-refractivity contribution in [1.29, 1.82) is 0 Å². The van der Waals surface area contributed by atoms with Crippen molar-refractivity contribution in [3.8, 4) is 11.5 Å². The third-order valence-corrected chi connectivity index (χ3v) is 5.59. The Kier molecular flexibility index (Phi) is 7.98. The molecule has 0 atom stereocenters. The van der Waals surface area contributed by atoms with E-state index in [1.54, 1.807) is 33.2 Å². The molecule has 0 bridgehead atoms. The van der Waals surface area contributed by atoms with Gasteiger partial charge in [-0.05, 0) is 60.7 Å². The van der Waals surface area contributed by atoms with Gasteiger partial charge in [-0.25, -0.2) is 0 Å². The monoisotopic (exact) mass is 438 g/mol. The van der Waals surface area contributed by atoms with Gasteiger partial charge < -0.3 is 24.6 Å². The minimum atomic E-state index is 0.0164. The van der Waals surface area contributed by atoms with E-state index in [0.29, 0.717) is 12.1 Å². The fraction of sp³-hybridized carbons (Fsp3) is 0.440. The molecule has 1 heterocycles. The molecular formula is C25H34N4O3. The van der Waals surface area contributed by atoms with Crippen LogP contribution in [-0.4, -0.2) is 69.6 Å². The number of fused-ring (bicyclic) bond motifs is 1. The zero-order chi connectivity index (χ0) is 23.1. The van der Waals surface area contributed by atoms with Gasteiger partial charge in [0.15, 0.2) is 17.5 Å². The number of nitrogens with zero attached hydrogens (tertiary/aromatic N) is 3. The van der Waals surface area contributed by atoms with Crippen LogP contribution >= 0.6 is 0 Å². The molecule has 172 valence electrons. The van der Waals surface area contributed by atoms with Crippen LogP contribution in [0.2, 0.25) is 0 Å². The molecule has 0 aliphatic carbocycles. The molecule has 2 aromatic rings. The smallest absolute Gasteiger partial charge is 0.253 e. The summed E-state index contributed by atoms with van der Waals surface area (Å²) in [4.78, 5) is 21.0. The van der Waals surface area contributed by atoms with Crippen molar-refractivity contribution >= 4 is 11.9 Å². The molecule has 0 spiro atoms. The summed E-state index contributed by atoms with van der Waals surface area (Å²) < 4.78 is 10.9. The number of benzene rings is 2. The summed E-state index contributed by atoms with van der Waals surface area (Å²) in [6.07, 6.45) is 1.70. The first-order valence-corrected chi connectivity index (χ1v) is 11.0. The van der Waals surface area contributed by atoms with Gasteiger partial charge in [0.05, 0.1) is 14.2 Å². The van der Waals surface area contributed by atoms with Gasteiger partial charge in [0.2, 0.25) is 0 Å². The van der Waals surface area contributed by atoms with Crippen molar-refractivity contribution < 1.29 is 14.3 Å². The molecule has 32 heavy (non-hydrogen) atoms. The van der Waals surface area contributed by atoms with Crippen LogP contribution in [0.3, 0.4) is 0 Å². The van der Waals surface area contributed by atoms with E-state index < -0.39 is 0 Å². The SMILES string of the molecule is CCNC(=NCCc1cccc(C(=O)N(C)C)c1)N1CCc2cc(OC)c(OC)cc2C1. The number of hydrogen-bond donors (Lipinski definition) is 1. The van der Waals surface area contributed by atoms with Crippen molar-refractivity contribution in [2.75, 3.05) is 47.9 Å². The van der Waals surface area contributed by atoms with Gasteiger partial charge in [0.1, 0.15) is 0 Å². The van der Waals surface area contributed by atoms with Crippen LogP contribution in [0, 0.1) is 0 Å². The van der Waals surface area contributed by atoms with Gasteiger partial charge in [0, 0.05) is 45.8 Å². The minimum absolute atomic E-state index is 0.0164. The largest absolute Gasteiger partial charge is 0.493 e. The third kappa shape index (κ3) is 5.52. The number of methoxy groups -OCH3 is 2. The van der Waals surface area contributed by atoms with Crippen LogP contribution in [-0.2, 0) is 19.4 Å². The highest BCUT2D eigenvalue weighted by Crippen LogP contribution is 2.33. The molecule has 0 aromatic heterocycles. The first-order valence-electron chi connectivity index (χ1n) is 11.0. The Morgan fingerprint density at radius 2 is 1.84 bits per heavy atom. The van der Waals surface area contributed by atoms with E-state index in [0.717, 1.165) is 55.5 Å². The molecule has 1 aliphatic rings. The Labute approximate surface area is 191 Å². The highest BCUT2D eigenvalue weighted by molar-refractivity contribution is 5.94. The highest BCUT2D eigenvalue weighted by atomic mass is 16.5. The Morgan fingerprint density at radius 1 is 1.12 bits per heavy atom. The maximum atomic E-state index is 12.2. The number of carbonyl (C=O) groups is 1. The van der Waals surface area contributed by atoms with Crippen LogP contribution in [0.1, 0.15) is 34.0 Å². The Hall–Kier alpha value is -3.22. The number of aliphatic imine (C=N–C) groups is 1. The average Bonchev–Trinajstić information content (AvgIpc) is 2.81. The molecule has 0 radical (unpaired) electrons. The first kappa shape index (κ1) is 23.4. The van der Waals surface area contributed by atoms with Crippen molar-refractivity contribution in [1.82, 2.24) is 15.1 Å². The molecule has 1 amide bonds. The molecule has 0 saturated carbocycles. The second-order valence-electron chi connectivity index (χ2n) is 8.03. The predicted molar refractivity (Wildman–Crippen MR) is 128 cm³/mol. The number of amides is 1. The molecule has 7 heteroatoms. The van der Waals surface area contributed by atoms with E-state index in [-0.39, 0.29) is 5.91 Å². The normalized spacial score (nSPS) is 13.4. The summed E-state index contributed by atoms with van der Waals surface area (Å²) >= 11 is 0. The molecule has 0 unspecified atom stereocenters. The van der Waals surface area contributed by atoms with Gasteiger partial charge in [-0.3, -0.25) is 9.79 Å². The van der Waals surface area contributed by atoms with E-state index in [4.69, 9.17) is 14.5 Å². The van der Waals surface area contributed by atoms with Gasteiger partial charge in [-0.2, -0.15) is 0 Å². The number of carbonyl (C=O) groups excluding carboxylic acids is 1. The zero-order valence-corrected chi connectivity index (χ0v) is 19.8. The molecule has 2 aromatic carbocycles. The number of nitrogens with one attached hydrogen (secondary N) is 1. The standard InChI is InChI=1S/C25H34N4O3/c1-6-26-25(27-12-10-18-8-7-9-20(14-18)24(30)28(2)3)29-13-11-19-15-22(31-4)23(32-5)16-21(19)17-29/h7-9,14-16H,6,10-13,17H2,1-5H3,(H,26,27). The lowest BCUT2D eigenvalue weighted by atomic mass is 9.99. The molecule has 0 fully saturated rings. The lowest BCUT2D eigenvalue weighted by Gasteiger charge is -2.32. The van der Waals surface area contributed by atoms with Gasteiger partial charge in [0.25, 0.3) is 5.91 Å². The average molecular weight is 439 g/mol. The quantitative estimate of drug-likeness (QED) is 0.532. The molecular weight excluding hydrogens is 404 g/mol. The number of ether oxygens (including phenoxy) is 2. The Morgan fingerprint density at radius 3 is 2.50 bits per heavy atom. The second kappa shape index (κ2) is 10.9. The van der Waals surface area contributed by atoms with Crippen molar-refractivity contribution in [2.45, 2.75) is 26.3 Å². The van der Waals surface area contributed by atoms with Crippen LogP contribution < -0.4 is 14.8 Å². The highest BCUT2D eigenvalue weighted by Gasteiger charge is 2.21. The van der Waals surface area contributed by atoms with E-state index in [9.17, 15) is 4.79 Å². The summed E-state index contributed by atoms with van der Waals surface area (Å²) in [6.45, 7) is 5.20. The summed E-state index contributed by atoms with van der Waals surface area (Å²) in [5.74, 6) is 2.45. The Balaban J connectivity index is 1.71. The van der Waals surface area contributed by atoms with Gasteiger partial charge in [-0.1, -0.05) is 12.1 Å². The maximum Gasteiger partial charge on any atom is 0.253 e. The molecule has 7 nitrogen and oxygen atoms in total. The zero-order valence-electron chi connectivity index (χ0n) is 19.8. The Bertz CT molecular complexity index is 972. The van der Waals surface area contributed by atoms with Crippen molar-refractivity contribution in [3.63, 3.8) is 0 Å². The minimum Gasteiger partial charge on any atom is -0.493 e. The van der Waals surface area contributed by atoms with Gasteiger partial charge >= 0.3 is 0 Å². The van der Waals surface area contributed by atoms with E-state index in [2.05, 4.69) is 29.3 Å². The van der Waals surface area contributed by atoms with Crippen LogP contribution in [0.25, 0.3) is 0 Å². The lowest BCUT2D eigenvalue weighted by molar-refractivity contribution is 0.0827. The fourth-order valence-electron chi connectivity index (χ4n) is 3.90. The van der Waals surface area contributed by atoms with Crippen molar-refractivity contribution in [2.24, 2.45) is 4.99 Å². The van der Waals surface area contributed by atoms with E-state index in [1.165, 1.54) is 11.1 Å². The van der Waals surface area contributed by atoms with Crippen LogP contribution in [0.5, 0.6) is 11.5 Å². The van der Waals surface area contributed by atoms with E-state index in [1.807, 2.05) is 24.3 Å². The molecule has 3 rings (SSSR count). The van der Waals surface area contributed by atoms with Crippen molar-refractivity contribution in [3.05, 3.63) is 58.7 Å². The lowest BCUT2D eigenvalue weighted by Crippen LogP contribution is -2.44. The number of rotatable bonds is 7. The maximum absolute atomic E-state index is 12.2. The third-order valence-electron chi connectivity index (χ3n) is 5.59. The first-order chi connectivity index (χ1) is 15.5.